The second-order valence-corrected chi connectivity index (χ2v) is 10.4. The number of carbonyl (C=O) groups is 2. The van der Waals surface area contributed by atoms with Gasteiger partial charge in [0.05, 0.1) is 17.0 Å². The number of sulfone groups is 1. The summed E-state index contributed by atoms with van der Waals surface area (Å²) in [6.07, 6.45) is 6.75. The number of amides is 2. The first-order valence-electron chi connectivity index (χ1n) is 11.2. The molecule has 0 bridgehead atoms. The van der Waals surface area contributed by atoms with Gasteiger partial charge in [0.15, 0.2) is 9.84 Å². The fraction of sp³-hybridized carbons (Fsp3) is 0.231. The molecular weight excluding hydrogens is 464 g/mol. The third kappa shape index (κ3) is 6.60. The molecule has 180 valence electrons. The van der Waals surface area contributed by atoms with Crippen LogP contribution in [0.1, 0.15) is 40.7 Å². The van der Waals surface area contributed by atoms with Gasteiger partial charge >= 0.3 is 0 Å². The Bertz CT molecular complexity index is 1340. The third-order valence-corrected chi connectivity index (χ3v) is 6.83. The van der Waals surface area contributed by atoms with Crippen molar-refractivity contribution in [3.8, 4) is 0 Å². The quantitative estimate of drug-likeness (QED) is 0.516. The molecule has 1 aromatic heterocycles. The van der Waals surface area contributed by atoms with Crippen molar-refractivity contribution in [1.82, 2.24) is 9.99 Å². The highest BCUT2D eigenvalue weighted by atomic mass is 32.2. The van der Waals surface area contributed by atoms with Crippen molar-refractivity contribution in [2.45, 2.75) is 37.1 Å². The number of aromatic nitrogens is 1. The number of hydrogen-bond acceptors (Lipinski definition) is 6. The van der Waals surface area contributed by atoms with Crippen LogP contribution >= 0.6 is 0 Å². The van der Waals surface area contributed by atoms with Crippen LogP contribution in [0.25, 0.3) is 0 Å². The third-order valence-electron chi connectivity index (χ3n) is 5.70. The fourth-order valence-corrected chi connectivity index (χ4v) is 4.34. The summed E-state index contributed by atoms with van der Waals surface area (Å²) < 4.78 is 23.2. The van der Waals surface area contributed by atoms with Gasteiger partial charge in [0.2, 0.25) is 5.91 Å². The van der Waals surface area contributed by atoms with E-state index in [2.05, 4.69) is 15.4 Å². The van der Waals surface area contributed by atoms with E-state index < -0.39 is 9.84 Å². The van der Waals surface area contributed by atoms with Crippen molar-refractivity contribution in [2.24, 2.45) is 5.10 Å². The Balaban J connectivity index is 1.35. The molecular formula is C26H26N4O4S. The molecule has 0 atom stereocenters. The van der Waals surface area contributed by atoms with Crippen molar-refractivity contribution in [3.05, 3.63) is 89.7 Å². The van der Waals surface area contributed by atoms with Gasteiger partial charge in [-0.25, -0.2) is 13.4 Å². The van der Waals surface area contributed by atoms with Gasteiger partial charge in [-0.3, -0.25) is 14.6 Å². The normalized spacial score (nSPS) is 13.9. The molecule has 9 heteroatoms. The highest BCUT2D eigenvalue weighted by molar-refractivity contribution is 7.90. The number of aryl methyl sites for hydroxylation is 1. The van der Waals surface area contributed by atoms with Crippen LogP contribution in [-0.4, -0.2) is 42.2 Å². The average Bonchev–Trinajstić information content (AvgIpc) is 2.86. The minimum atomic E-state index is -3.21. The van der Waals surface area contributed by atoms with Gasteiger partial charge in [-0.1, -0.05) is 24.3 Å². The van der Waals surface area contributed by atoms with E-state index >= 15 is 0 Å². The first kappa shape index (κ1) is 24.3. The Morgan fingerprint density at radius 1 is 0.971 bits per heavy atom. The molecule has 2 heterocycles. The summed E-state index contributed by atoms with van der Waals surface area (Å²) in [4.78, 5) is 28.9. The van der Waals surface area contributed by atoms with Gasteiger partial charge < -0.3 is 5.32 Å². The number of hydrazone groups is 1. The first-order chi connectivity index (χ1) is 16.8. The van der Waals surface area contributed by atoms with E-state index in [0.717, 1.165) is 23.3 Å². The molecule has 0 aliphatic carbocycles. The predicted molar refractivity (Wildman–Crippen MR) is 134 cm³/mol. The second kappa shape index (κ2) is 10.6. The highest BCUT2D eigenvalue weighted by Gasteiger charge is 2.20. The number of benzene rings is 2. The molecule has 0 spiro atoms. The maximum Gasteiger partial charge on any atom is 0.257 e. The molecule has 0 fully saturated rings. The van der Waals surface area contributed by atoms with Crippen LogP contribution in [0, 0.1) is 0 Å². The maximum atomic E-state index is 12.4. The van der Waals surface area contributed by atoms with Gasteiger partial charge in [0, 0.05) is 36.5 Å². The van der Waals surface area contributed by atoms with Crippen molar-refractivity contribution < 1.29 is 18.0 Å². The summed E-state index contributed by atoms with van der Waals surface area (Å²) in [5, 5.41) is 8.89. The van der Waals surface area contributed by atoms with Crippen LogP contribution in [-0.2, 0) is 27.6 Å². The fourth-order valence-electron chi connectivity index (χ4n) is 3.71. The largest absolute Gasteiger partial charge is 0.322 e. The molecule has 3 aromatic rings. The highest BCUT2D eigenvalue weighted by Crippen LogP contribution is 2.19. The molecule has 35 heavy (non-hydrogen) atoms. The topological polar surface area (TPSA) is 109 Å². The lowest BCUT2D eigenvalue weighted by atomic mass is 10.0. The summed E-state index contributed by atoms with van der Waals surface area (Å²) in [5.41, 5.74) is 3.99. The van der Waals surface area contributed by atoms with Gasteiger partial charge in [0.1, 0.15) is 0 Å². The molecule has 0 radical (unpaired) electrons. The van der Waals surface area contributed by atoms with Crippen LogP contribution in [0.3, 0.4) is 0 Å². The Labute approximate surface area is 204 Å². The Morgan fingerprint density at radius 3 is 2.34 bits per heavy atom. The van der Waals surface area contributed by atoms with Crippen LogP contribution < -0.4 is 5.32 Å². The molecule has 1 aliphatic heterocycles. The van der Waals surface area contributed by atoms with Gasteiger partial charge in [-0.15, -0.1) is 0 Å². The lowest BCUT2D eigenvalue weighted by molar-refractivity contribution is -0.132. The smallest absolute Gasteiger partial charge is 0.257 e. The van der Waals surface area contributed by atoms with Gasteiger partial charge in [0.25, 0.3) is 5.91 Å². The summed E-state index contributed by atoms with van der Waals surface area (Å²) in [7, 11) is -3.21. The SMILES string of the molecule is CS(=O)(=O)c1ccc(CCC2=NN(Cc3ccc(NC(=O)c4cccnc4)cc3)C(=O)CC2)cc1. The molecule has 0 saturated heterocycles. The van der Waals surface area contributed by atoms with E-state index in [1.54, 1.807) is 42.6 Å². The van der Waals surface area contributed by atoms with E-state index in [1.165, 1.54) is 17.5 Å². The zero-order valence-electron chi connectivity index (χ0n) is 19.3. The standard InChI is InChI=1S/C26H26N4O4S/c1-35(33,34)24-13-7-19(8-14-24)4-11-23-12-15-25(31)30(29-23)18-20-5-9-22(10-6-20)28-26(32)21-3-2-16-27-17-21/h2-3,5-10,13-14,16-17H,4,11-12,15,18H2,1H3,(H,28,32). The Morgan fingerprint density at radius 2 is 1.69 bits per heavy atom. The summed E-state index contributed by atoms with van der Waals surface area (Å²) in [6.45, 7) is 0.349. The molecule has 0 saturated carbocycles. The van der Waals surface area contributed by atoms with Crippen LogP contribution in [0.15, 0.2) is 83.1 Å². The summed E-state index contributed by atoms with van der Waals surface area (Å²) >= 11 is 0. The predicted octanol–water partition coefficient (Wildman–Crippen LogP) is 3.85. The number of nitrogens with one attached hydrogen (secondary N) is 1. The Hall–Kier alpha value is -3.85. The van der Waals surface area contributed by atoms with E-state index in [-0.39, 0.29) is 11.8 Å². The van der Waals surface area contributed by atoms with E-state index in [9.17, 15) is 18.0 Å². The number of nitrogens with zero attached hydrogens (tertiary/aromatic N) is 3. The zero-order valence-corrected chi connectivity index (χ0v) is 20.2. The maximum absolute atomic E-state index is 12.4. The number of hydrogen-bond donors (Lipinski definition) is 1. The number of rotatable bonds is 8. The van der Waals surface area contributed by atoms with Crippen molar-refractivity contribution in [1.29, 1.82) is 0 Å². The lowest BCUT2D eigenvalue weighted by Crippen LogP contribution is -2.31. The number of anilines is 1. The number of carbonyl (C=O) groups excluding carboxylic acids is 2. The monoisotopic (exact) mass is 490 g/mol. The average molecular weight is 491 g/mol. The molecule has 4 rings (SSSR count). The zero-order chi connectivity index (χ0) is 24.8. The second-order valence-electron chi connectivity index (χ2n) is 8.43. The lowest BCUT2D eigenvalue weighted by Gasteiger charge is -2.24. The molecule has 1 aliphatic rings. The van der Waals surface area contributed by atoms with E-state index in [0.29, 0.717) is 42.0 Å². The molecule has 1 N–H and O–H groups in total. The van der Waals surface area contributed by atoms with Crippen LogP contribution in [0.5, 0.6) is 0 Å². The van der Waals surface area contributed by atoms with Crippen molar-refractivity contribution >= 4 is 33.1 Å². The summed E-state index contributed by atoms with van der Waals surface area (Å²) in [5.74, 6) is -0.266. The van der Waals surface area contributed by atoms with Crippen molar-refractivity contribution in [3.63, 3.8) is 0 Å². The minimum absolute atomic E-state index is 0.0276. The molecule has 0 unspecified atom stereocenters. The molecule has 8 nitrogen and oxygen atoms in total. The molecule has 2 aromatic carbocycles. The number of pyridine rings is 1. The van der Waals surface area contributed by atoms with E-state index in [1.807, 2.05) is 24.3 Å². The minimum Gasteiger partial charge on any atom is -0.322 e. The summed E-state index contributed by atoms with van der Waals surface area (Å²) in [6, 6.07) is 17.6. The van der Waals surface area contributed by atoms with Gasteiger partial charge in [-0.05, 0) is 66.8 Å². The van der Waals surface area contributed by atoms with Gasteiger partial charge in [-0.2, -0.15) is 5.10 Å². The first-order valence-corrected chi connectivity index (χ1v) is 13.1. The van der Waals surface area contributed by atoms with E-state index in [4.69, 9.17) is 0 Å². The van der Waals surface area contributed by atoms with Crippen LogP contribution in [0.2, 0.25) is 0 Å². The van der Waals surface area contributed by atoms with Crippen LogP contribution in [0.4, 0.5) is 5.69 Å². The van der Waals surface area contributed by atoms with Crippen molar-refractivity contribution in [2.75, 3.05) is 11.6 Å². The molecule has 2 amide bonds. The Kier molecular flexibility index (Phi) is 7.36.